The summed E-state index contributed by atoms with van der Waals surface area (Å²) in [5.74, 6) is 0. The van der Waals surface area contributed by atoms with Crippen molar-refractivity contribution in [2.45, 2.75) is 38.3 Å². The molecule has 3 nitrogen and oxygen atoms in total. The highest BCUT2D eigenvalue weighted by Gasteiger charge is 2.30. The van der Waals surface area contributed by atoms with E-state index in [1.54, 1.807) is 0 Å². The third-order valence-electron chi connectivity index (χ3n) is 3.57. The molecule has 1 saturated heterocycles. The lowest BCUT2D eigenvalue weighted by molar-refractivity contribution is -0.169. The molecule has 0 radical (unpaired) electrons. The normalized spacial score (nSPS) is 19.0. The van der Waals surface area contributed by atoms with Gasteiger partial charge in [0.1, 0.15) is 5.01 Å². The lowest BCUT2D eigenvalue weighted by Gasteiger charge is -2.22. The summed E-state index contributed by atoms with van der Waals surface area (Å²) in [5, 5.41) is 2.54. The van der Waals surface area contributed by atoms with Crippen molar-refractivity contribution in [3.8, 4) is 10.6 Å². The van der Waals surface area contributed by atoms with Crippen LogP contribution in [0.4, 0.5) is 13.2 Å². The fraction of sp³-hybridized carbons (Fsp3) is 0.438. The van der Waals surface area contributed by atoms with Gasteiger partial charge in [-0.3, -0.25) is 0 Å². The number of thiazole rings is 1. The maximum atomic E-state index is 12.6. The third-order valence-corrected chi connectivity index (χ3v) is 4.51. The predicted molar refractivity (Wildman–Crippen MR) is 80.9 cm³/mol. The van der Waals surface area contributed by atoms with Crippen LogP contribution in [0, 0.1) is 0 Å². The van der Waals surface area contributed by atoms with E-state index in [9.17, 15) is 13.2 Å². The predicted octanol–water partition coefficient (Wildman–Crippen LogP) is 4.87. The van der Waals surface area contributed by atoms with Gasteiger partial charge in [-0.2, -0.15) is 13.2 Å². The number of ether oxygens (including phenoxy) is 2. The van der Waals surface area contributed by atoms with Crippen LogP contribution in [0.5, 0.6) is 0 Å². The molecule has 1 unspecified atom stereocenters. The van der Waals surface area contributed by atoms with Crippen LogP contribution >= 0.6 is 11.3 Å². The average Bonchev–Trinajstić information content (AvgIpc) is 3.02. The molecule has 1 aromatic heterocycles. The molecule has 0 N–H and O–H groups in total. The molecule has 1 aliphatic heterocycles. The first-order chi connectivity index (χ1) is 11.0. The first kappa shape index (κ1) is 16.4. The second-order valence-electron chi connectivity index (χ2n) is 5.33. The maximum Gasteiger partial charge on any atom is 0.416 e. The first-order valence-corrected chi connectivity index (χ1v) is 8.25. The second-order valence-corrected chi connectivity index (χ2v) is 6.18. The molecule has 0 bridgehead atoms. The lowest BCUT2D eigenvalue weighted by atomic mass is 10.1. The maximum absolute atomic E-state index is 12.6. The Morgan fingerprint density at radius 2 is 2.00 bits per heavy atom. The number of aromatic nitrogens is 1. The summed E-state index contributed by atoms with van der Waals surface area (Å²) in [6.07, 6.45) is -1.45. The quantitative estimate of drug-likeness (QED) is 0.793. The molecule has 2 aromatic rings. The molecular formula is C16H16F3NO2S. The molecule has 23 heavy (non-hydrogen) atoms. The van der Waals surface area contributed by atoms with E-state index in [-0.39, 0.29) is 6.29 Å². The summed E-state index contributed by atoms with van der Waals surface area (Å²) in [6.45, 7) is 1.07. The molecule has 3 rings (SSSR count). The lowest BCUT2D eigenvalue weighted by Crippen LogP contribution is -2.22. The standard InChI is InChI=1S/C16H16F3NO2S/c17-16(18,19)12-6-4-11(5-7-12)15-20-13(10-23-15)9-22-14-3-1-2-8-21-14/h4-7,10,14H,1-3,8-9H2. The largest absolute Gasteiger partial charge is 0.416 e. The zero-order valence-electron chi connectivity index (χ0n) is 12.3. The molecule has 1 fully saturated rings. The molecule has 1 aromatic carbocycles. The zero-order valence-corrected chi connectivity index (χ0v) is 13.1. The van der Waals surface area contributed by atoms with Gasteiger partial charge in [-0.1, -0.05) is 12.1 Å². The van der Waals surface area contributed by atoms with Crippen molar-refractivity contribution in [3.05, 3.63) is 40.9 Å². The highest BCUT2D eigenvalue weighted by Crippen LogP contribution is 2.31. The number of alkyl halides is 3. The van der Waals surface area contributed by atoms with Crippen molar-refractivity contribution in [3.63, 3.8) is 0 Å². The van der Waals surface area contributed by atoms with E-state index in [4.69, 9.17) is 9.47 Å². The fourth-order valence-electron chi connectivity index (χ4n) is 2.33. The Hall–Kier alpha value is -1.44. The third kappa shape index (κ3) is 4.31. The first-order valence-electron chi connectivity index (χ1n) is 7.37. The Labute approximate surface area is 136 Å². The summed E-state index contributed by atoms with van der Waals surface area (Å²) in [6, 6.07) is 5.03. The summed E-state index contributed by atoms with van der Waals surface area (Å²) >= 11 is 1.39. The molecule has 7 heteroatoms. The molecular weight excluding hydrogens is 327 g/mol. The summed E-state index contributed by atoms with van der Waals surface area (Å²) < 4.78 is 48.8. The fourth-order valence-corrected chi connectivity index (χ4v) is 3.14. The van der Waals surface area contributed by atoms with Crippen LogP contribution in [0.3, 0.4) is 0 Å². The van der Waals surface area contributed by atoms with E-state index in [1.165, 1.54) is 23.5 Å². The summed E-state index contributed by atoms with van der Waals surface area (Å²) in [7, 11) is 0. The molecule has 0 aliphatic carbocycles. The topological polar surface area (TPSA) is 31.4 Å². The Morgan fingerprint density at radius 1 is 1.22 bits per heavy atom. The Bertz CT molecular complexity index is 634. The van der Waals surface area contributed by atoms with E-state index in [1.807, 2.05) is 5.38 Å². The van der Waals surface area contributed by atoms with Crippen molar-refractivity contribution in [2.75, 3.05) is 6.61 Å². The minimum Gasteiger partial charge on any atom is -0.353 e. The molecule has 0 saturated carbocycles. The monoisotopic (exact) mass is 343 g/mol. The van der Waals surface area contributed by atoms with Crippen molar-refractivity contribution in [2.24, 2.45) is 0 Å². The van der Waals surface area contributed by atoms with Crippen molar-refractivity contribution < 1.29 is 22.6 Å². The van der Waals surface area contributed by atoms with Gasteiger partial charge in [-0.25, -0.2) is 4.98 Å². The van der Waals surface area contributed by atoms with Crippen LogP contribution < -0.4 is 0 Å². The van der Waals surface area contributed by atoms with Gasteiger partial charge in [0.15, 0.2) is 6.29 Å². The summed E-state index contributed by atoms with van der Waals surface area (Å²) in [4.78, 5) is 4.41. The zero-order chi connectivity index (χ0) is 16.3. The molecule has 0 amide bonds. The van der Waals surface area contributed by atoms with Crippen LogP contribution in [0.15, 0.2) is 29.6 Å². The summed E-state index contributed by atoms with van der Waals surface area (Å²) in [5.41, 5.74) is 0.776. The van der Waals surface area contributed by atoms with Crippen molar-refractivity contribution in [1.82, 2.24) is 4.98 Å². The highest BCUT2D eigenvalue weighted by atomic mass is 32.1. The van der Waals surface area contributed by atoms with Gasteiger partial charge in [0, 0.05) is 17.6 Å². The smallest absolute Gasteiger partial charge is 0.353 e. The van der Waals surface area contributed by atoms with E-state index in [2.05, 4.69) is 4.98 Å². The Kier molecular flexibility index (Phi) is 4.99. The number of hydrogen-bond acceptors (Lipinski definition) is 4. The van der Waals surface area contributed by atoms with Crippen molar-refractivity contribution >= 4 is 11.3 Å². The molecule has 124 valence electrons. The van der Waals surface area contributed by atoms with Crippen LogP contribution in [0.2, 0.25) is 0 Å². The van der Waals surface area contributed by atoms with Crippen LogP contribution in [0.25, 0.3) is 10.6 Å². The van der Waals surface area contributed by atoms with Crippen LogP contribution in [-0.4, -0.2) is 17.9 Å². The van der Waals surface area contributed by atoms with Gasteiger partial charge in [-0.05, 0) is 31.4 Å². The number of benzene rings is 1. The molecule has 0 spiro atoms. The minimum absolute atomic E-state index is 0.181. The minimum atomic E-state index is -4.32. The van der Waals surface area contributed by atoms with E-state index < -0.39 is 11.7 Å². The van der Waals surface area contributed by atoms with Gasteiger partial charge < -0.3 is 9.47 Å². The Balaban J connectivity index is 1.62. The molecule has 1 aliphatic rings. The molecule has 2 heterocycles. The van der Waals surface area contributed by atoms with Gasteiger partial charge in [0.05, 0.1) is 17.9 Å². The SMILES string of the molecule is FC(F)(F)c1ccc(-c2nc(COC3CCCCO3)cs2)cc1. The number of nitrogens with zero attached hydrogens (tertiary/aromatic N) is 1. The number of halogens is 3. The Morgan fingerprint density at radius 3 is 2.65 bits per heavy atom. The van der Waals surface area contributed by atoms with Gasteiger partial charge in [0.25, 0.3) is 0 Å². The molecule has 1 atom stereocenters. The van der Waals surface area contributed by atoms with Gasteiger partial charge in [0.2, 0.25) is 0 Å². The van der Waals surface area contributed by atoms with E-state index >= 15 is 0 Å². The number of hydrogen-bond donors (Lipinski definition) is 0. The van der Waals surface area contributed by atoms with Crippen LogP contribution in [-0.2, 0) is 22.3 Å². The van der Waals surface area contributed by atoms with E-state index in [0.717, 1.165) is 43.7 Å². The second kappa shape index (κ2) is 6.98. The average molecular weight is 343 g/mol. The van der Waals surface area contributed by atoms with Crippen LogP contribution in [0.1, 0.15) is 30.5 Å². The van der Waals surface area contributed by atoms with Gasteiger partial charge in [-0.15, -0.1) is 11.3 Å². The number of rotatable bonds is 4. The van der Waals surface area contributed by atoms with E-state index in [0.29, 0.717) is 17.2 Å². The van der Waals surface area contributed by atoms with Crippen molar-refractivity contribution in [1.29, 1.82) is 0 Å². The van der Waals surface area contributed by atoms with Gasteiger partial charge >= 0.3 is 6.18 Å². The highest BCUT2D eigenvalue weighted by molar-refractivity contribution is 7.13.